The Morgan fingerprint density at radius 3 is 2.47 bits per heavy atom. The van der Waals surface area contributed by atoms with E-state index in [4.69, 9.17) is 14.5 Å². The highest BCUT2D eigenvalue weighted by Crippen LogP contribution is 2.46. The number of amides is 6. The average molecular weight is 883 g/mol. The number of pyridine rings is 2. The number of aryl methyl sites for hydroxylation is 1. The van der Waals surface area contributed by atoms with Crippen molar-refractivity contribution in [1.82, 2.24) is 41.5 Å². The molecule has 0 bridgehead atoms. The van der Waals surface area contributed by atoms with E-state index in [0.29, 0.717) is 63.8 Å². The molecule has 0 unspecified atom stereocenters. The first-order valence-corrected chi connectivity index (χ1v) is 20.7. The summed E-state index contributed by atoms with van der Waals surface area (Å²) in [6.07, 6.45) is 0.0546. The highest BCUT2D eigenvalue weighted by atomic mass is 19.1. The number of fused-ring (bicyclic) bond motifs is 5. The molecule has 3 aliphatic rings. The van der Waals surface area contributed by atoms with Gasteiger partial charge in [-0.05, 0) is 61.4 Å². The minimum Gasteiger partial charge on any atom is -0.458 e. The molecular formula is C44H47FN8O11. The highest BCUT2D eigenvalue weighted by molar-refractivity contribution is 5.95. The number of nitrogens with zero attached hydrogens (tertiary/aromatic N) is 2. The molecule has 4 heterocycles. The number of rotatable bonds is 17. The third-order valence-corrected chi connectivity index (χ3v) is 11.8. The van der Waals surface area contributed by atoms with Gasteiger partial charge in [-0.25, -0.2) is 14.2 Å². The van der Waals surface area contributed by atoms with Crippen LogP contribution in [-0.2, 0) is 74.6 Å². The van der Waals surface area contributed by atoms with Crippen molar-refractivity contribution in [2.75, 3.05) is 26.4 Å². The molecule has 0 spiro atoms. The molecule has 4 atom stereocenters. The Bertz CT molecular complexity index is 2640. The van der Waals surface area contributed by atoms with Crippen LogP contribution in [0.15, 0.2) is 47.3 Å². The summed E-state index contributed by atoms with van der Waals surface area (Å²) in [4.78, 5) is 106. The minimum absolute atomic E-state index is 0.0426. The molecule has 2 aliphatic heterocycles. The van der Waals surface area contributed by atoms with Gasteiger partial charge in [-0.1, -0.05) is 37.3 Å². The number of esters is 1. The summed E-state index contributed by atoms with van der Waals surface area (Å²) in [7, 11) is 0. The summed E-state index contributed by atoms with van der Waals surface area (Å²) in [5.74, 6) is -4.49. The van der Waals surface area contributed by atoms with Crippen LogP contribution in [0.4, 0.5) is 4.39 Å². The lowest BCUT2D eigenvalue weighted by molar-refractivity contribution is -0.172. The highest BCUT2D eigenvalue weighted by Gasteiger charge is 2.46. The van der Waals surface area contributed by atoms with Crippen molar-refractivity contribution in [3.05, 3.63) is 97.6 Å². The number of hydrogen-bond acceptors (Lipinski definition) is 12. The van der Waals surface area contributed by atoms with Crippen LogP contribution in [0.2, 0.25) is 0 Å². The van der Waals surface area contributed by atoms with Gasteiger partial charge in [0, 0.05) is 29.0 Å². The number of ether oxygens (including phenoxy) is 2. The first-order valence-electron chi connectivity index (χ1n) is 20.7. The number of carbonyl (C=O) groups excluding carboxylic acids is 7. The first kappa shape index (κ1) is 45.0. The minimum atomic E-state index is -2.04. The molecule has 7 N–H and O–H groups in total. The van der Waals surface area contributed by atoms with Crippen molar-refractivity contribution in [3.8, 4) is 11.4 Å². The second kappa shape index (κ2) is 18.7. The molecule has 0 saturated heterocycles. The number of cyclic esters (lactones) is 1. The van der Waals surface area contributed by atoms with Crippen LogP contribution in [0.1, 0.15) is 71.7 Å². The summed E-state index contributed by atoms with van der Waals surface area (Å²) in [5, 5.41) is 27.0. The Kier molecular flexibility index (Phi) is 13.2. The van der Waals surface area contributed by atoms with E-state index in [9.17, 15) is 43.5 Å². The zero-order chi connectivity index (χ0) is 45.9. The Morgan fingerprint density at radius 2 is 1.73 bits per heavy atom. The van der Waals surface area contributed by atoms with Crippen LogP contribution in [0.25, 0.3) is 22.3 Å². The number of halogens is 1. The maximum Gasteiger partial charge on any atom is 0.343 e. The van der Waals surface area contributed by atoms with Crippen LogP contribution < -0.4 is 37.5 Å². The standard InChI is InChI=1S/C44H47FN8O11/c1-4-44(62)28-13-33-39-26(18-53(33)42(60)27(28)19-63-43(44)61)38-30(11-10-25-22(2)29(45)14-31(51-39)37(25)38)52-40(58)23(3)64-21-49-35(56)16-48-41(59)32(12-24-8-6-5-7-9-24)50-36(57)17-47-34(55)15-46-20-54/h5-9,13-14,20,23,30,32,62H,4,10-12,15-19,21H2,1-3H3,(H,46,54)(H,47,55)(H,48,59)(H,49,56)(H,50,57)(H,52,58)/t23-,30-,32-,44-/m0/s1. The summed E-state index contributed by atoms with van der Waals surface area (Å²) >= 11 is 0. The van der Waals surface area contributed by atoms with Gasteiger partial charge in [-0.2, -0.15) is 0 Å². The molecule has 7 rings (SSSR count). The largest absolute Gasteiger partial charge is 0.458 e. The van der Waals surface area contributed by atoms with Crippen LogP contribution in [0.5, 0.6) is 0 Å². The normalized spacial score (nSPS) is 17.7. The van der Waals surface area contributed by atoms with E-state index in [1.54, 1.807) is 50.2 Å². The number of benzene rings is 2. The van der Waals surface area contributed by atoms with E-state index < -0.39 is 90.5 Å². The van der Waals surface area contributed by atoms with Gasteiger partial charge in [0.2, 0.25) is 35.9 Å². The third kappa shape index (κ3) is 8.91. The lowest BCUT2D eigenvalue weighted by Crippen LogP contribution is -2.52. The average Bonchev–Trinajstić information content (AvgIpc) is 3.66. The fourth-order valence-electron chi connectivity index (χ4n) is 8.34. The van der Waals surface area contributed by atoms with Gasteiger partial charge < -0.3 is 51.0 Å². The predicted molar refractivity (Wildman–Crippen MR) is 224 cm³/mol. The number of aliphatic hydroxyl groups is 1. The lowest BCUT2D eigenvalue weighted by atomic mass is 9.81. The second-order valence-corrected chi connectivity index (χ2v) is 15.8. The molecule has 0 fully saturated rings. The summed E-state index contributed by atoms with van der Waals surface area (Å²) in [6, 6.07) is 9.94. The van der Waals surface area contributed by atoms with Crippen LogP contribution in [0.3, 0.4) is 0 Å². The Hall–Kier alpha value is -7.06. The van der Waals surface area contributed by atoms with E-state index in [-0.39, 0.29) is 43.7 Å². The smallest absolute Gasteiger partial charge is 0.343 e. The second-order valence-electron chi connectivity index (χ2n) is 15.8. The molecule has 1 aliphatic carbocycles. The van der Waals surface area contributed by atoms with Gasteiger partial charge in [0.25, 0.3) is 5.56 Å². The predicted octanol–water partition coefficient (Wildman–Crippen LogP) is -0.185. The monoisotopic (exact) mass is 882 g/mol. The number of hydrogen-bond donors (Lipinski definition) is 7. The SMILES string of the molecule is CC[C@@]1(O)C(=O)OCc2c1cc1n(c2=O)Cc2c-1nc1cc(F)c(C)c3c1c2[C@@H](NC(=O)[C@H](C)OCNC(=O)CNC(=O)[C@H](Cc1ccccc1)NC(=O)CNC(=O)CNC=O)CC3. The topological polar surface area (TPSA) is 265 Å². The van der Waals surface area contributed by atoms with Gasteiger partial charge in [0.05, 0.1) is 54.7 Å². The fraction of sp³-hybridized carbons (Fsp3) is 0.386. The summed E-state index contributed by atoms with van der Waals surface area (Å²) in [6.45, 7) is 2.81. The zero-order valence-electron chi connectivity index (χ0n) is 35.2. The molecule has 19 nitrogen and oxygen atoms in total. The Balaban J connectivity index is 1.00. The molecule has 20 heteroatoms. The Morgan fingerprint density at radius 1 is 1.00 bits per heavy atom. The summed E-state index contributed by atoms with van der Waals surface area (Å²) in [5.41, 5.74) is 1.95. The lowest BCUT2D eigenvalue weighted by Gasteiger charge is -2.31. The number of aromatic nitrogens is 2. The molecule has 2 aromatic carbocycles. The van der Waals surface area contributed by atoms with E-state index in [1.165, 1.54) is 17.6 Å². The van der Waals surface area contributed by atoms with Gasteiger partial charge >= 0.3 is 5.97 Å². The molecule has 2 aromatic heterocycles. The molecule has 336 valence electrons. The van der Waals surface area contributed by atoms with E-state index >= 15 is 4.39 Å². The molecule has 0 radical (unpaired) electrons. The quantitative estimate of drug-likeness (QED) is 0.0364. The van der Waals surface area contributed by atoms with E-state index in [1.807, 2.05) is 0 Å². The maximum atomic E-state index is 15.3. The maximum absolute atomic E-state index is 15.3. The molecule has 0 saturated carbocycles. The van der Waals surface area contributed by atoms with Crippen molar-refractivity contribution in [3.63, 3.8) is 0 Å². The van der Waals surface area contributed by atoms with Gasteiger partial charge in [-0.3, -0.25) is 33.6 Å². The van der Waals surface area contributed by atoms with Gasteiger partial charge in [0.1, 0.15) is 31.3 Å². The van der Waals surface area contributed by atoms with Crippen molar-refractivity contribution in [1.29, 1.82) is 0 Å². The zero-order valence-corrected chi connectivity index (χ0v) is 35.2. The van der Waals surface area contributed by atoms with E-state index in [0.717, 1.165) is 5.56 Å². The Labute approximate surface area is 364 Å². The van der Waals surface area contributed by atoms with Crippen LogP contribution in [-0.4, -0.2) is 95.1 Å². The first-order chi connectivity index (χ1) is 30.6. The van der Waals surface area contributed by atoms with Gasteiger partial charge in [0.15, 0.2) is 5.60 Å². The molecule has 6 amide bonds. The van der Waals surface area contributed by atoms with Crippen molar-refractivity contribution in [2.24, 2.45) is 0 Å². The van der Waals surface area contributed by atoms with Crippen molar-refractivity contribution < 1.29 is 52.5 Å². The van der Waals surface area contributed by atoms with Crippen molar-refractivity contribution in [2.45, 2.75) is 83.4 Å². The molecular weight excluding hydrogens is 836 g/mol. The number of nitrogens with one attached hydrogen (secondary N) is 6. The fourth-order valence-corrected chi connectivity index (χ4v) is 8.34. The van der Waals surface area contributed by atoms with Crippen LogP contribution >= 0.6 is 0 Å². The van der Waals surface area contributed by atoms with Gasteiger partial charge in [-0.15, -0.1) is 0 Å². The molecule has 64 heavy (non-hydrogen) atoms. The van der Waals surface area contributed by atoms with E-state index in [2.05, 4.69) is 31.9 Å². The number of carbonyl (C=O) groups is 7. The summed E-state index contributed by atoms with van der Waals surface area (Å²) < 4.78 is 27.7. The molecule has 4 aromatic rings. The van der Waals surface area contributed by atoms with Crippen molar-refractivity contribution >= 4 is 52.8 Å². The third-order valence-electron chi connectivity index (χ3n) is 11.8. The van der Waals surface area contributed by atoms with Crippen LogP contribution in [0, 0.1) is 12.7 Å².